The predicted molar refractivity (Wildman–Crippen MR) is 78.4 cm³/mol. The van der Waals surface area contributed by atoms with Gasteiger partial charge in [0.05, 0.1) is 22.2 Å². The van der Waals surface area contributed by atoms with Crippen LogP contribution in [0.3, 0.4) is 0 Å². The maximum absolute atomic E-state index is 13.5. The van der Waals surface area contributed by atoms with E-state index in [0.717, 1.165) is 6.07 Å². The molecule has 1 aliphatic heterocycles. The summed E-state index contributed by atoms with van der Waals surface area (Å²) in [5, 5.41) is 0.415. The Balaban J connectivity index is 2.22. The van der Waals surface area contributed by atoms with E-state index in [1.807, 2.05) is 0 Å². The number of benzene rings is 2. The fraction of sp³-hybridized carbons (Fsp3) is 0. The molecule has 0 saturated carbocycles. The molecule has 0 spiro atoms. The zero-order chi connectivity index (χ0) is 14.7. The maximum atomic E-state index is 13.5. The minimum atomic E-state index is -0.542. The van der Waals surface area contributed by atoms with Crippen LogP contribution in [0.1, 0.15) is 16.2 Å². The Morgan fingerprint density at radius 3 is 2.71 bits per heavy atom. The average molecular weight is 345 g/mol. The Kier molecular flexibility index (Phi) is 2.41. The lowest BCUT2D eigenvalue weighted by atomic mass is 10.1. The minimum absolute atomic E-state index is 0.0139. The van der Waals surface area contributed by atoms with Crippen molar-refractivity contribution in [2.24, 2.45) is 0 Å². The Morgan fingerprint density at radius 1 is 1.14 bits per heavy atom. The molecule has 1 aliphatic rings. The molecule has 0 unspecified atom stereocenters. The number of carbonyl (C=O) groups is 1. The molecular weight excluding hydrogens is 339 g/mol. The van der Waals surface area contributed by atoms with Gasteiger partial charge in [0.15, 0.2) is 5.82 Å². The molecule has 4 rings (SSSR count). The number of rotatable bonds is 0. The molecular formula is C15H6BrFN2O2. The van der Waals surface area contributed by atoms with Crippen LogP contribution in [0.15, 0.2) is 45.7 Å². The van der Waals surface area contributed by atoms with Gasteiger partial charge in [0, 0.05) is 4.47 Å². The first kappa shape index (κ1) is 12.4. The van der Waals surface area contributed by atoms with E-state index in [1.165, 1.54) is 10.6 Å². The quantitative estimate of drug-likeness (QED) is 0.493. The summed E-state index contributed by atoms with van der Waals surface area (Å²) in [7, 11) is 0. The first-order valence-corrected chi connectivity index (χ1v) is 6.93. The molecule has 4 nitrogen and oxygen atoms in total. The molecule has 0 fully saturated rings. The van der Waals surface area contributed by atoms with Crippen LogP contribution in [0.25, 0.3) is 16.6 Å². The van der Waals surface area contributed by atoms with E-state index in [-0.39, 0.29) is 16.9 Å². The summed E-state index contributed by atoms with van der Waals surface area (Å²) >= 11 is 3.21. The minimum Gasteiger partial charge on any atom is -0.285 e. The van der Waals surface area contributed by atoms with E-state index < -0.39 is 11.6 Å². The van der Waals surface area contributed by atoms with Crippen molar-refractivity contribution in [2.45, 2.75) is 0 Å². The molecule has 102 valence electrons. The predicted octanol–water partition coefficient (Wildman–Crippen LogP) is 2.83. The number of para-hydroxylation sites is 1. The molecule has 2 aromatic carbocycles. The Hall–Kier alpha value is -2.34. The molecule has 0 aliphatic carbocycles. The highest BCUT2D eigenvalue weighted by Gasteiger charge is 2.32. The van der Waals surface area contributed by atoms with Crippen LogP contribution in [0.4, 0.5) is 4.39 Å². The second-order valence-electron chi connectivity index (χ2n) is 4.71. The van der Waals surface area contributed by atoms with E-state index in [2.05, 4.69) is 20.9 Å². The first-order chi connectivity index (χ1) is 10.1. The van der Waals surface area contributed by atoms with Gasteiger partial charge < -0.3 is 0 Å². The smallest absolute Gasteiger partial charge is 0.266 e. The van der Waals surface area contributed by atoms with E-state index in [4.69, 9.17) is 0 Å². The van der Waals surface area contributed by atoms with Crippen molar-refractivity contribution in [2.75, 3.05) is 0 Å². The largest absolute Gasteiger partial charge is 0.285 e. The van der Waals surface area contributed by atoms with Crippen LogP contribution in [0.2, 0.25) is 0 Å². The number of aromatic nitrogens is 2. The van der Waals surface area contributed by atoms with Gasteiger partial charge in [0.25, 0.3) is 5.56 Å². The molecule has 2 heterocycles. The van der Waals surface area contributed by atoms with E-state index in [9.17, 15) is 14.0 Å². The van der Waals surface area contributed by atoms with E-state index in [0.29, 0.717) is 21.1 Å². The third-order valence-electron chi connectivity index (χ3n) is 3.48. The van der Waals surface area contributed by atoms with Crippen molar-refractivity contribution in [1.29, 1.82) is 0 Å². The van der Waals surface area contributed by atoms with Crippen LogP contribution in [0.5, 0.6) is 0 Å². The van der Waals surface area contributed by atoms with Gasteiger partial charge in [-0.05, 0) is 40.2 Å². The molecule has 6 heteroatoms. The van der Waals surface area contributed by atoms with Crippen molar-refractivity contribution in [3.05, 3.63) is 68.4 Å². The van der Waals surface area contributed by atoms with Crippen molar-refractivity contribution in [1.82, 2.24) is 9.55 Å². The zero-order valence-corrected chi connectivity index (χ0v) is 12.0. The van der Waals surface area contributed by atoms with Crippen molar-refractivity contribution >= 4 is 32.6 Å². The van der Waals surface area contributed by atoms with Gasteiger partial charge in [-0.3, -0.25) is 14.2 Å². The third-order valence-corrected chi connectivity index (χ3v) is 4.08. The molecule has 3 aromatic rings. The fourth-order valence-electron chi connectivity index (χ4n) is 2.58. The molecule has 0 bridgehead atoms. The lowest BCUT2D eigenvalue weighted by Crippen LogP contribution is -2.21. The van der Waals surface area contributed by atoms with Gasteiger partial charge in [-0.15, -0.1) is 0 Å². The summed E-state index contributed by atoms with van der Waals surface area (Å²) in [5.74, 6) is -0.979. The first-order valence-electron chi connectivity index (χ1n) is 6.14. The van der Waals surface area contributed by atoms with Gasteiger partial charge >= 0.3 is 0 Å². The number of hydrogen-bond donors (Lipinski definition) is 0. The third kappa shape index (κ3) is 1.56. The SMILES string of the molecule is O=C1c2cc(F)cc(Br)c2-n2c1nc1ccccc1c2=O. The maximum Gasteiger partial charge on any atom is 0.266 e. The molecule has 0 radical (unpaired) electrons. The van der Waals surface area contributed by atoms with Crippen molar-refractivity contribution in [3.63, 3.8) is 0 Å². The average Bonchev–Trinajstić information content (AvgIpc) is 2.74. The van der Waals surface area contributed by atoms with Crippen LogP contribution in [0, 0.1) is 5.82 Å². The Bertz CT molecular complexity index is 1010. The van der Waals surface area contributed by atoms with Gasteiger partial charge in [0.2, 0.25) is 5.78 Å². The van der Waals surface area contributed by atoms with Crippen LogP contribution < -0.4 is 5.56 Å². The highest BCUT2D eigenvalue weighted by atomic mass is 79.9. The highest BCUT2D eigenvalue weighted by Crippen LogP contribution is 2.33. The lowest BCUT2D eigenvalue weighted by molar-refractivity contribution is 0.103. The summed E-state index contributed by atoms with van der Waals surface area (Å²) < 4.78 is 15.1. The molecule has 1 aromatic heterocycles. The van der Waals surface area contributed by atoms with E-state index >= 15 is 0 Å². The van der Waals surface area contributed by atoms with Crippen molar-refractivity contribution in [3.8, 4) is 5.69 Å². The monoisotopic (exact) mass is 344 g/mol. The van der Waals surface area contributed by atoms with Gasteiger partial charge in [-0.2, -0.15) is 0 Å². The molecule has 0 N–H and O–H groups in total. The standard InChI is InChI=1S/C15H6BrFN2O2/c16-10-6-7(17)5-9-12(10)19-14(13(9)20)18-11-4-2-1-3-8(11)15(19)21/h1-6H. The number of halogens is 2. The number of hydrogen-bond acceptors (Lipinski definition) is 3. The fourth-order valence-corrected chi connectivity index (χ4v) is 3.19. The van der Waals surface area contributed by atoms with Crippen molar-refractivity contribution < 1.29 is 9.18 Å². The molecule has 0 atom stereocenters. The number of nitrogens with zero attached hydrogens (tertiary/aromatic N) is 2. The molecule has 0 amide bonds. The topological polar surface area (TPSA) is 52.0 Å². The zero-order valence-electron chi connectivity index (χ0n) is 10.4. The van der Waals surface area contributed by atoms with Crippen LogP contribution in [-0.4, -0.2) is 15.3 Å². The molecule has 0 saturated heterocycles. The summed E-state index contributed by atoms with van der Waals surface area (Å²) in [6.07, 6.45) is 0. The summed E-state index contributed by atoms with van der Waals surface area (Å²) in [6.45, 7) is 0. The number of carbonyl (C=O) groups excluding carboxylic acids is 1. The number of ketones is 1. The molecule has 21 heavy (non-hydrogen) atoms. The Morgan fingerprint density at radius 2 is 1.90 bits per heavy atom. The van der Waals surface area contributed by atoms with Gasteiger partial charge in [-0.25, -0.2) is 9.37 Å². The Labute approximate surface area is 126 Å². The van der Waals surface area contributed by atoms with E-state index in [1.54, 1.807) is 24.3 Å². The summed E-state index contributed by atoms with van der Waals surface area (Å²) in [6, 6.07) is 9.15. The van der Waals surface area contributed by atoms with Crippen LogP contribution >= 0.6 is 15.9 Å². The summed E-state index contributed by atoms with van der Waals surface area (Å²) in [4.78, 5) is 29.3. The van der Waals surface area contributed by atoms with Gasteiger partial charge in [0.1, 0.15) is 5.82 Å². The normalized spacial score (nSPS) is 12.6. The lowest BCUT2D eigenvalue weighted by Gasteiger charge is -2.07. The highest BCUT2D eigenvalue weighted by molar-refractivity contribution is 9.10. The van der Waals surface area contributed by atoms with Crippen LogP contribution in [-0.2, 0) is 0 Å². The second kappa shape index (κ2) is 4.08. The summed E-state index contributed by atoms with van der Waals surface area (Å²) in [5.41, 5.74) is 0.600. The van der Waals surface area contributed by atoms with Gasteiger partial charge in [-0.1, -0.05) is 12.1 Å². The number of fused-ring (bicyclic) bond motifs is 4. The second-order valence-corrected chi connectivity index (χ2v) is 5.56.